The Morgan fingerprint density at radius 3 is 2.48 bits per heavy atom. The lowest BCUT2D eigenvalue weighted by molar-refractivity contribution is -0.141. The molecule has 0 radical (unpaired) electrons. The number of aromatic nitrogens is 5. The molecule has 0 spiro atoms. The van der Waals surface area contributed by atoms with Crippen molar-refractivity contribution in [2.75, 3.05) is 31.5 Å². The van der Waals surface area contributed by atoms with Crippen LogP contribution in [0.25, 0.3) is 16.9 Å². The van der Waals surface area contributed by atoms with Crippen LogP contribution in [0.15, 0.2) is 43.0 Å². The van der Waals surface area contributed by atoms with E-state index in [9.17, 15) is 31.5 Å². The van der Waals surface area contributed by atoms with Crippen LogP contribution in [0.4, 0.5) is 33.5 Å². The number of nitrogens with zero attached hydrogens (tertiary/aromatic N) is 7. The van der Waals surface area contributed by atoms with Crippen LogP contribution in [0, 0.1) is 5.92 Å². The molecule has 1 aliphatic carbocycles. The van der Waals surface area contributed by atoms with Crippen LogP contribution >= 0.6 is 11.6 Å². The average Bonchev–Trinajstić information content (AvgIpc) is 3.75. The number of nitrogens with one attached hydrogen (secondary N) is 1. The molecule has 4 heterocycles. The van der Waals surface area contributed by atoms with Gasteiger partial charge in [-0.3, -0.25) is 18.7 Å². The fourth-order valence-corrected chi connectivity index (χ4v) is 6.22. The zero-order valence-corrected chi connectivity index (χ0v) is 25.0. The highest BCUT2D eigenvalue weighted by atomic mass is 35.5. The fourth-order valence-electron chi connectivity index (χ4n) is 5.96. The Morgan fingerprint density at radius 1 is 1.09 bits per heavy atom. The molecule has 2 amide bonds. The summed E-state index contributed by atoms with van der Waals surface area (Å²) >= 11 is 6.52. The number of alkyl halides is 5. The summed E-state index contributed by atoms with van der Waals surface area (Å²) in [6.07, 6.45) is -0.674. The fraction of sp³-hybridized carbons (Fsp3) is 0.414. The van der Waals surface area contributed by atoms with Gasteiger partial charge in [-0.05, 0) is 37.5 Å². The van der Waals surface area contributed by atoms with E-state index in [0.29, 0.717) is 43.0 Å². The molecular formula is C29H29ClF5N9O2. The molecule has 3 N–H and O–H groups in total. The Bertz CT molecular complexity index is 1770. The molecule has 2 atom stereocenters. The lowest BCUT2D eigenvalue weighted by Gasteiger charge is -2.36. The van der Waals surface area contributed by atoms with Crippen molar-refractivity contribution in [2.45, 2.75) is 44.5 Å². The van der Waals surface area contributed by atoms with Crippen molar-refractivity contribution in [3.8, 4) is 11.3 Å². The number of carbonyl (C=O) groups is 2. The third kappa shape index (κ3) is 6.35. The summed E-state index contributed by atoms with van der Waals surface area (Å²) in [5, 5.41) is 6.52. The van der Waals surface area contributed by atoms with Crippen molar-refractivity contribution in [1.29, 1.82) is 0 Å². The number of hydrogen-bond donors (Lipinski definition) is 2. The second-order valence-electron chi connectivity index (χ2n) is 11.3. The highest BCUT2D eigenvalue weighted by Crippen LogP contribution is 2.37. The Balaban J connectivity index is 1.17. The first kappa shape index (κ1) is 31.7. The summed E-state index contributed by atoms with van der Waals surface area (Å²) < 4.78 is 68.9. The van der Waals surface area contributed by atoms with Crippen molar-refractivity contribution in [3.63, 3.8) is 0 Å². The zero-order valence-electron chi connectivity index (χ0n) is 24.2. The minimum Gasteiger partial charge on any atom is -0.339 e. The number of imidazole rings is 1. The molecule has 1 aromatic carbocycles. The Kier molecular flexibility index (Phi) is 8.58. The number of benzene rings is 1. The van der Waals surface area contributed by atoms with Crippen LogP contribution in [0.2, 0.25) is 5.02 Å². The molecule has 17 heteroatoms. The van der Waals surface area contributed by atoms with Crippen molar-refractivity contribution < 1.29 is 31.5 Å². The molecule has 1 saturated carbocycles. The SMILES string of the molecule is N[C@H]1CC[C@H](C(=O)N2CCN(C(=O)c3ccc(Nc4nccn5c(-c6cn(CC(F)F)nc6C(F)(F)F)cnc45)cc3Cl)CC2)C1. The normalized spacial score (nSPS) is 19.0. The van der Waals surface area contributed by atoms with E-state index in [0.717, 1.165) is 19.0 Å². The van der Waals surface area contributed by atoms with Crippen molar-refractivity contribution >= 4 is 40.6 Å². The van der Waals surface area contributed by atoms with Gasteiger partial charge in [0.25, 0.3) is 12.3 Å². The van der Waals surface area contributed by atoms with Gasteiger partial charge in [0.05, 0.1) is 28.0 Å². The standard InChI is InChI=1S/C29H29ClF5N9O2/c30-21-12-18(3-4-19(21)28(46)42-9-7-41(8-10-42)27(45)16-1-2-17(36)11-16)39-25-26-38-13-22(44(26)6-5-37-25)20-14-43(15-23(31)32)40-24(20)29(33,34)35/h3-6,12-14,16-17,23H,1-2,7-11,15,36H2,(H,37,39)/t16-,17-/m0/s1. The summed E-state index contributed by atoms with van der Waals surface area (Å²) in [5.41, 5.74) is 5.04. The molecule has 244 valence electrons. The number of rotatable bonds is 7. The molecule has 1 saturated heterocycles. The third-order valence-electron chi connectivity index (χ3n) is 8.22. The number of carbonyl (C=O) groups excluding carboxylic acids is 2. The first-order chi connectivity index (χ1) is 21.9. The van der Waals surface area contributed by atoms with E-state index in [4.69, 9.17) is 17.3 Å². The van der Waals surface area contributed by atoms with E-state index in [2.05, 4.69) is 20.4 Å². The maximum atomic E-state index is 13.7. The Morgan fingerprint density at radius 2 is 1.83 bits per heavy atom. The molecule has 3 aromatic heterocycles. The molecular weight excluding hydrogens is 637 g/mol. The van der Waals surface area contributed by atoms with E-state index < -0.39 is 30.4 Å². The average molecular weight is 666 g/mol. The van der Waals surface area contributed by atoms with E-state index in [1.807, 2.05) is 0 Å². The van der Waals surface area contributed by atoms with Gasteiger partial charge >= 0.3 is 6.18 Å². The molecule has 46 heavy (non-hydrogen) atoms. The lowest BCUT2D eigenvalue weighted by Crippen LogP contribution is -2.51. The molecule has 0 unspecified atom stereocenters. The monoisotopic (exact) mass is 665 g/mol. The van der Waals surface area contributed by atoms with Crippen LogP contribution in [0.1, 0.15) is 35.3 Å². The first-order valence-corrected chi connectivity index (χ1v) is 14.9. The second kappa shape index (κ2) is 12.5. The number of nitrogens with two attached hydrogens (primary N) is 1. The van der Waals surface area contributed by atoms with Gasteiger partial charge in [-0.2, -0.15) is 18.3 Å². The van der Waals surface area contributed by atoms with Crippen molar-refractivity contribution in [2.24, 2.45) is 11.7 Å². The summed E-state index contributed by atoms with van der Waals surface area (Å²) in [4.78, 5) is 38.0. The summed E-state index contributed by atoms with van der Waals surface area (Å²) in [6.45, 7) is 0.579. The van der Waals surface area contributed by atoms with E-state index in [1.165, 1.54) is 29.1 Å². The smallest absolute Gasteiger partial charge is 0.339 e. The maximum absolute atomic E-state index is 13.7. The first-order valence-electron chi connectivity index (χ1n) is 14.5. The summed E-state index contributed by atoms with van der Waals surface area (Å²) in [6, 6.07) is 4.73. The van der Waals surface area contributed by atoms with Crippen molar-refractivity contribution in [3.05, 3.63) is 59.3 Å². The van der Waals surface area contributed by atoms with Crippen molar-refractivity contribution in [1.82, 2.24) is 33.9 Å². The molecule has 1 aliphatic heterocycles. The van der Waals surface area contributed by atoms with Crippen LogP contribution in [0.5, 0.6) is 0 Å². The highest BCUT2D eigenvalue weighted by Gasteiger charge is 2.39. The maximum Gasteiger partial charge on any atom is 0.435 e. The van der Waals surface area contributed by atoms with Gasteiger partial charge in [0.1, 0.15) is 6.54 Å². The van der Waals surface area contributed by atoms with Crippen LogP contribution in [0.3, 0.4) is 0 Å². The van der Waals surface area contributed by atoms with Crippen LogP contribution < -0.4 is 11.1 Å². The van der Waals surface area contributed by atoms with Crippen LogP contribution in [-0.2, 0) is 17.5 Å². The minimum absolute atomic E-state index is 0.0270. The van der Waals surface area contributed by atoms with Gasteiger partial charge < -0.3 is 20.9 Å². The van der Waals surface area contributed by atoms with E-state index in [-0.39, 0.29) is 51.5 Å². The quantitative estimate of drug-likeness (QED) is 0.275. The van der Waals surface area contributed by atoms with Gasteiger partial charge in [0, 0.05) is 62.4 Å². The number of amides is 2. The topological polar surface area (TPSA) is 127 Å². The second-order valence-corrected chi connectivity index (χ2v) is 11.7. The zero-order chi connectivity index (χ0) is 32.7. The molecule has 4 aromatic rings. The number of piperazine rings is 1. The number of halogens is 6. The predicted octanol–water partition coefficient (Wildman–Crippen LogP) is 4.69. The van der Waals surface area contributed by atoms with E-state index >= 15 is 0 Å². The Hall–Kier alpha value is -4.31. The van der Waals surface area contributed by atoms with Gasteiger partial charge in [-0.1, -0.05) is 11.6 Å². The number of hydrogen-bond acceptors (Lipinski definition) is 7. The predicted molar refractivity (Wildman–Crippen MR) is 158 cm³/mol. The molecule has 0 bridgehead atoms. The molecule has 11 nitrogen and oxygen atoms in total. The third-order valence-corrected chi connectivity index (χ3v) is 8.54. The van der Waals surface area contributed by atoms with Crippen LogP contribution in [-0.4, -0.2) is 84.4 Å². The van der Waals surface area contributed by atoms with Gasteiger partial charge in [-0.15, -0.1) is 0 Å². The number of anilines is 2. The summed E-state index contributed by atoms with van der Waals surface area (Å²) in [5.74, 6) is -0.0850. The summed E-state index contributed by atoms with van der Waals surface area (Å²) in [7, 11) is 0. The largest absolute Gasteiger partial charge is 0.435 e. The van der Waals surface area contributed by atoms with E-state index in [1.54, 1.807) is 21.9 Å². The molecule has 2 aliphatic rings. The highest BCUT2D eigenvalue weighted by molar-refractivity contribution is 6.34. The van der Waals surface area contributed by atoms with Gasteiger partial charge in [-0.25, -0.2) is 18.7 Å². The Labute approximate surface area is 264 Å². The minimum atomic E-state index is -4.90. The lowest BCUT2D eigenvalue weighted by atomic mass is 10.1. The van der Waals surface area contributed by atoms with Gasteiger partial charge in [0.2, 0.25) is 5.91 Å². The number of fused-ring (bicyclic) bond motifs is 1. The molecule has 6 rings (SSSR count). The molecule has 2 fully saturated rings. The van der Waals surface area contributed by atoms with Gasteiger partial charge in [0.15, 0.2) is 17.2 Å².